The summed E-state index contributed by atoms with van der Waals surface area (Å²) in [6.07, 6.45) is 2.48. The van der Waals surface area contributed by atoms with Crippen LogP contribution in [0.5, 0.6) is 0 Å². The van der Waals surface area contributed by atoms with Gasteiger partial charge in [-0.15, -0.1) is 0 Å². The predicted molar refractivity (Wildman–Crippen MR) is 92.2 cm³/mol. The van der Waals surface area contributed by atoms with Crippen molar-refractivity contribution in [3.8, 4) is 17.3 Å². The van der Waals surface area contributed by atoms with E-state index in [1.807, 2.05) is 54.6 Å². The highest BCUT2D eigenvalue weighted by molar-refractivity contribution is 7.95. The minimum Gasteiger partial charge on any atom is -0.354 e. The van der Waals surface area contributed by atoms with E-state index < -0.39 is 9.84 Å². The number of aromatic nitrogens is 1. The number of aromatic amines is 1. The summed E-state index contributed by atoms with van der Waals surface area (Å²) in [5.41, 5.74) is 3.32. The molecule has 114 valence electrons. The lowest BCUT2D eigenvalue weighted by Gasteiger charge is -2.02. The van der Waals surface area contributed by atoms with Gasteiger partial charge >= 0.3 is 0 Å². The summed E-state index contributed by atoms with van der Waals surface area (Å²) < 4.78 is 23.5. The highest BCUT2D eigenvalue weighted by atomic mass is 32.2. The zero-order valence-corrected chi connectivity index (χ0v) is 13.3. The molecule has 3 rings (SSSR count). The average molecular weight is 322 g/mol. The summed E-state index contributed by atoms with van der Waals surface area (Å²) >= 11 is 0. The average Bonchev–Trinajstić information content (AvgIpc) is 2.91. The number of para-hydroxylation sites is 1. The summed E-state index contributed by atoms with van der Waals surface area (Å²) in [6, 6.07) is 19.0. The first kappa shape index (κ1) is 15.1. The molecule has 0 aliphatic carbocycles. The molecule has 1 aromatic heterocycles. The summed E-state index contributed by atoms with van der Waals surface area (Å²) in [4.78, 5) is 3.06. The minimum absolute atomic E-state index is 0.251. The molecule has 4 nitrogen and oxygen atoms in total. The van der Waals surface area contributed by atoms with Gasteiger partial charge in [0, 0.05) is 22.7 Å². The zero-order valence-electron chi connectivity index (χ0n) is 12.4. The number of fused-ring (bicyclic) bond motifs is 1. The molecule has 0 aliphatic heterocycles. The maximum atomic E-state index is 11.8. The molecule has 0 spiro atoms. The Morgan fingerprint density at radius 2 is 1.74 bits per heavy atom. The number of nitrogens with one attached hydrogen (secondary N) is 1. The van der Waals surface area contributed by atoms with Crippen LogP contribution in [0.15, 0.2) is 59.5 Å². The normalized spacial score (nSPS) is 12.3. The van der Waals surface area contributed by atoms with E-state index in [9.17, 15) is 13.7 Å². The first-order valence-electron chi connectivity index (χ1n) is 6.98. The van der Waals surface area contributed by atoms with Gasteiger partial charge < -0.3 is 4.98 Å². The molecule has 0 fully saturated rings. The van der Waals surface area contributed by atoms with Crippen LogP contribution in [0.2, 0.25) is 0 Å². The van der Waals surface area contributed by atoms with Crippen molar-refractivity contribution in [2.75, 3.05) is 6.26 Å². The van der Waals surface area contributed by atoms with Crippen molar-refractivity contribution in [1.29, 1.82) is 5.26 Å². The highest BCUT2D eigenvalue weighted by Gasteiger charge is 2.16. The van der Waals surface area contributed by atoms with Gasteiger partial charge in [-0.3, -0.25) is 0 Å². The fourth-order valence-corrected chi connectivity index (χ4v) is 3.00. The van der Waals surface area contributed by atoms with Crippen molar-refractivity contribution < 1.29 is 8.42 Å². The molecule has 0 radical (unpaired) electrons. The molecule has 0 amide bonds. The second kappa shape index (κ2) is 5.75. The van der Waals surface area contributed by atoms with Crippen LogP contribution in [0.4, 0.5) is 0 Å². The summed E-state index contributed by atoms with van der Waals surface area (Å²) in [5, 5.41) is 10.1. The standard InChI is InChI=1S/C18H14N2O2S/c1-23(21,22)14(12-19)11-16-15-9-5-6-10-17(15)20-18(16)13-7-3-2-4-8-13/h2-11,20H,1H3/b14-11-. The molecule has 1 N–H and O–H groups in total. The molecule has 0 atom stereocenters. The van der Waals surface area contributed by atoms with Crippen LogP contribution >= 0.6 is 0 Å². The van der Waals surface area contributed by atoms with Gasteiger partial charge in [0.25, 0.3) is 0 Å². The zero-order chi connectivity index (χ0) is 16.4. The molecule has 1 heterocycles. The van der Waals surface area contributed by atoms with E-state index in [0.717, 1.165) is 28.4 Å². The lowest BCUT2D eigenvalue weighted by atomic mass is 10.0. The van der Waals surface area contributed by atoms with Crippen LogP contribution in [-0.4, -0.2) is 19.7 Å². The summed E-state index contributed by atoms with van der Waals surface area (Å²) in [5.74, 6) is 0. The quantitative estimate of drug-likeness (QED) is 0.746. The third-order valence-electron chi connectivity index (χ3n) is 3.59. The van der Waals surface area contributed by atoms with Gasteiger partial charge in [0.1, 0.15) is 11.0 Å². The maximum Gasteiger partial charge on any atom is 0.185 e. The number of hydrogen-bond acceptors (Lipinski definition) is 3. The number of benzene rings is 2. The Balaban J connectivity index is 2.35. The van der Waals surface area contributed by atoms with Gasteiger partial charge in [-0.1, -0.05) is 48.5 Å². The van der Waals surface area contributed by atoms with Gasteiger partial charge in [-0.2, -0.15) is 5.26 Å². The van der Waals surface area contributed by atoms with Crippen molar-refractivity contribution in [2.24, 2.45) is 0 Å². The molecule has 2 aromatic carbocycles. The summed E-state index contributed by atoms with van der Waals surface area (Å²) in [7, 11) is -3.57. The molecule has 0 aliphatic rings. The molecule has 23 heavy (non-hydrogen) atoms. The van der Waals surface area contributed by atoms with Crippen LogP contribution in [0, 0.1) is 11.3 Å². The lowest BCUT2D eigenvalue weighted by molar-refractivity contribution is 0.609. The van der Waals surface area contributed by atoms with Gasteiger partial charge in [0.05, 0.1) is 5.69 Å². The molecule has 5 heteroatoms. The number of hydrogen-bond donors (Lipinski definition) is 1. The van der Waals surface area contributed by atoms with Crippen molar-refractivity contribution in [2.45, 2.75) is 0 Å². The Bertz CT molecular complexity index is 1040. The van der Waals surface area contributed by atoms with E-state index in [0.29, 0.717) is 5.56 Å². The van der Waals surface area contributed by atoms with Crippen molar-refractivity contribution in [3.05, 3.63) is 65.1 Å². The van der Waals surface area contributed by atoms with Crippen LogP contribution in [0.25, 0.3) is 28.2 Å². The van der Waals surface area contributed by atoms with E-state index in [1.54, 1.807) is 6.07 Å². The van der Waals surface area contributed by atoms with E-state index in [1.165, 1.54) is 6.08 Å². The Labute approximate surface area is 134 Å². The monoisotopic (exact) mass is 322 g/mol. The molecular formula is C18H14N2O2S. The fourth-order valence-electron chi connectivity index (χ4n) is 2.50. The number of H-pyrrole nitrogens is 1. The molecule has 0 saturated carbocycles. The van der Waals surface area contributed by atoms with Crippen LogP contribution in [-0.2, 0) is 9.84 Å². The van der Waals surface area contributed by atoms with Gasteiger partial charge in [0.2, 0.25) is 0 Å². The molecule has 3 aromatic rings. The Morgan fingerprint density at radius 1 is 1.09 bits per heavy atom. The number of sulfone groups is 1. The Kier molecular flexibility index (Phi) is 3.77. The highest BCUT2D eigenvalue weighted by Crippen LogP contribution is 2.32. The molecular weight excluding hydrogens is 308 g/mol. The van der Waals surface area contributed by atoms with Crippen LogP contribution < -0.4 is 0 Å². The Morgan fingerprint density at radius 3 is 2.39 bits per heavy atom. The lowest BCUT2D eigenvalue weighted by Crippen LogP contribution is -1.98. The van der Waals surface area contributed by atoms with Crippen LogP contribution in [0.1, 0.15) is 5.56 Å². The predicted octanol–water partition coefficient (Wildman–Crippen LogP) is 3.74. The SMILES string of the molecule is CS(=O)(=O)/C(C#N)=C\c1c(-c2ccccc2)[nH]c2ccccc12. The summed E-state index contributed by atoms with van der Waals surface area (Å²) in [6.45, 7) is 0. The number of rotatable bonds is 3. The van der Waals surface area contributed by atoms with Gasteiger partial charge in [-0.25, -0.2) is 8.42 Å². The molecule has 0 saturated heterocycles. The molecule has 0 unspecified atom stereocenters. The number of nitriles is 1. The van der Waals surface area contributed by atoms with Gasteiger partial charge in [0.15, 0.2) is 9.84 Å². The third kappa shape index (κ3) is 2.89. The van der Waals surface area contributed by atoms with E-state index in [2.05, 4.69) is 4.98 Å². The first-order chi connectivity index (χ1) is 11.0. The largest absolute Gasteiger partial charge is 0.354 e. The fraction of sp³-hybridized carbons (Fsp3) is 0.0556. The first-order valence-corrected chi connectivity index (χ1v) is 8.88. The van der Waals surface area contributed by atoms with E-state index >= 15 is 0 Å². The topological polar surface area (TPSA) is 73.7 Å². The maximum absolute atomic E-state index is 11.8. The molecule has 0 bridgehead atoms. The number of nitrogens with zero attached hydrogens (tertiary/aromatic N) is 1. The van der Waals surface area contributed by atoms with E-state index in [-0.39, 0.29) is 4.91 Å². The minimum atomic E-state index is -3.57. The second-order valence-electron chi connectivity index (χ2n) is 5.22. The second-order valence-corrected chi connectivity index (χ2v) is 7.20. The number of allylic oxidation sites excluding steroid dienone is 1. The Hall–Kier alpha value is -2.84. The van der Waals surface area contributed by atoms with E-state index in [4.69, 9.17) is 0 Å². The van der Waals surface area contributed by atoms with Crippen molar-refractivity contribution in [3.63, 3.8) is 0 Å². The van der Waals surface area contributed by atoms with Crippen molar-refractivity contribution in [1.82, 2.24) is 4.98 Å². The van der Waals surface area contributed by atoms with Gasteiger partial charge in [-0.05, 0) is 17.7 Å². The smallest absolute Gasteiger partial charge is 0.185 e. The third-order valence-corrected chi connectivity index (χ3v) is 4.60. The van der Waals surface area contributed by atoms with Crippen molar-refractivity contribution >= 4 is 26.8 Å². The van der Waals surface area contributed by atoms with Crippen LogP contribution in [0.3, 0.4) is 0 Å².